The molecule has 8 N–H and O–H groups in total. The largest absolute Gasteiger partial charge is 0.491 e. The standard InChI is InChI=1S/C46H48N6O4/c1-51-43-27-33(49)11-15-39(43)37-13-9-31(47)25-41(37)45(51)29-5-3-7-35(23-29)55-21-19-53-17-18-54-20-22-56-36-8-4-6-30(24-36)46-42-26-32(48)10-14-38(42)40-16-12-34(50)28-44(40)52(46)2/h3-16,23-28,45-46H,17-22,47-50H2,1-2H3. The molecule has 6 aromatic rings. The molecule has 2 heterocycles. The summed E-state index contributed by atoms with van der Waals surface area (Å²) >= 11 is 0. The summed E-state index contributed by atoms with van der Waals surface area (Å²) in [6.07, 6.45) is 0. The van der Waals surface area contributed by atoms with Crippen molar-refractivity contribution in [3.05, 3.63) is 144 Å². The number of nitrogens with two attached hydrogens (primary N) is 4. The Balaban J connectivity index is 0.797. The molecule has 2 aliphatic rings. The molecule has 8 rings (SSSR count). The molecule has 2 unspecified atom stereocenters. The first-order valence-corrected chi connectivity index (χ1v) is 18.9. The first kappa shape index (κ1) is 36.6. The zero-order valence-corrected chi connectivity index (χ0v) is 31.8. The van der Waals surface area contributed by atoms with E-state index in [0.717, 1.165) is 90.1 Å². The first-order chi connectivity index (χ1) is 27.2. The van der Waals surface area contributed by atoms with Gasteiger partial charge in [0.1, 0.15) is 24.7 Å². The Morgan fingerprint density at radius 1 is 0.429 bits per heavy atom. The van der Waals surface area contributed by atoms with Crippen LogP contribution in [0.2, 0.25) is 0 Å². The SMILES string of the molecule is CN1c2cc(N)ccc2-c2ccc(N)cc2C1c1cccc(OCCOCCOCCOc2cccc(C3c4cc(N)ccc4-c4ccc(N)cc4N3C)c2)c1. The zero-order valence-electron chi connectivity index (χ0n) is 31.8. The zero-order chi connectivity index (χ0) is 38.8. The van der Waals surface area contributed by atoms with Gasteiger partial charge >= 0.3 is 0 Å². The van der Waals surface area contributed by atoms with Crippen molar-refractivity contribution in [2.75, 3.05) is 86.5 Å². The topological polar surface area (TPSA) is 147 Å². The third-order valence-corrected chi connectivity index (χ3v) is 10.6. The fraction of sp³-hybridized carbons (Fsp3) is 0.217. The highest BCUT2D eigenvalue weighted by Gasteiger charge is 2.32. The Kier molecular flexibility index (Phi) is 10.3. The second kappa shape index (κ2) is 15.8. The Morgan fingerprint density at radius 3 is 1.23 bits per heavy atom. The average molecular weight is 749 g/mol. The lowest BCUT2D eigenvalue weighted by Crippen LogP contribution is -2.29. The molecular weight excluding hydrogens is 701 g/mol. The van der Waals surface area contributed by atoms with Crippen molar-refractivity contribution in [1.82, 2.24) is 0 Å². The van der Waals surface area contributed by atoms with E-state index in [1.807, 2.05) is 60.7 Å². The Labute approximate surface area is 328 Å². The maximum absolute atomic E-state index is 6.27. The van der Waals surface area contributed by atoms with E-state index in [2.05, 4.69) is 84.6 Å². The van der Waals surface area contributed by atoms with E-state index >= 15 is 0 Å². The van der Waals surface area contributed by atoms with Crippen LogP contribution in [0.15, 0.2) is 121 Å². The lowest BCUT2D eigenvalue weighted by Gasteiger charge is -2.38. The Bertz CT molecular complexity index is 2200. The number of hydrogen-bond acceptors (Lipinski definition) is 10. The molecule has 0 saturated carbocycles. The summed E-state index contributed by atoms with van der Waals surface area (Å²) in [6.45, 7) is 2.61. The molecule has 0 radical (unpaired) electrons. The van der Waals surface area contributed by atoms with Crippen molar-refractivity contribution in [3.8, 4) is 33.8 Å². The van der Waals surface area contributed by atoms with E-state index in [9.17, 15) is 0 Å². The lowest BCUT2D eigenvalue weighted by atomic mass is 9.84. The van der Waals surface area contributed by atoms with Crippen molar-refractivity contribution in [1.29, 1.82) is 0 Å². The van der Waals surface area contributed by atoms with Crippen molar-refractivity contribution in [2.45, 2.75) is 12.1 Å². The Hall–Kier alpha value is -6.36. The molecule has 0 aliphatic carbocycles. The molecule has 6 aromatic carbocycles. The lowest BCUT2D eigenvalue weighted by molar-refractivity contribution is 0.0273. The van der Waals surface area contributed by atoms with Crippen LogP contribution < -0.4 is 42.2 Å². The molecule has 0 saturated heterocycles. The molecule has 0 bridgehead atoms. The normalized spacial score (nSPS) is 15.4. The van der Waals surface area contributed by atoms with Crippen LogP contribution in [0.25, 0.3) is 22.3 Å². The molecule has 10 nitrogen and oxygen atoms in total. The maximum Gasteiger partial charge on any atom is 0.119 e. The van der Waals surface area contributed by atoms with E-state index in [4.69, 9.17) is 41.9 Å². The number of rotatable bonds is 13. The van der Waals surface area contributed by atoms with Crippen LogP contribution in [-0.4, -0.2) is 53.7 Å². The second-order valence-electron chi connectivity index (χ2n) is 14.3. The third-order valence-electron chi connectivity index (χ3n) is 10.6. The third kappa shape index (κ3) is 7.36. The van der Waals surface area contributed by atoms with Gasteiger partial charge in [-0.05, 0) is 106 Å². The van der Waals surface area contributed by atoms with Crippen LogP contribution in [0.4, 0.5) is 34.1 Å². The minimum Gasteiger partial charge on any atom is -0.491 e. The number of benzene rings is 6. The molecule has 56 heavy (non-hydrogen) atoms. The van der Waals surface area contributed by atoms with Gasteiger partial charge in [0.15, 0.2) is 0 Å². The van der Waals surface area contributed by atoms with Crippen molar-refractivity contribution in [2.24, 2.45) is 0 Å². The number of hydrogen-bond donors (Lipinski definition) is 4. The van der Waals surface area contributed by atoms with Gasteiger partial charge in [-0.3, -0.25) is 0 Å². The van der Waals surface area contributed by atoms with E-state index < -0.39 is 0 Å². The van der Waals surface area contributed by atoms with Crippen LogP contribution in [-0.2, 0) is 9.47 Å². The molecule has 0 fully saturated rings. The number of anilines is 6. The number of ether oxygens (including phenoxy) is 4. The molecule has 0 aromatic heterocycles. The van der Waals surface area contributed by atoms with Crippen molar-refractivity contribution >= 4 is 34.1 Å². The van der Waals surface area contributed by atoms with Gasteiger partial charge in [0, 0.05) is 59.3 Å². The van der Waals surface area contributed by atoms with Crippen LogP contribution >= 0.6 is 0 Å². The fourth-order valence-corrected chi connectivity index (χ4v) is 8.05. The van der Waals surface area contributed by atoms with Crippen LogP contribution in [0.3, 0.4) is 0 Å². The highest BCUT2D eigenvalue weighted by Crippen LogP contribution is 2.49. The molecule has 0 spiro atoms. The summed E-state index contributed by atoms with van der Waals surface area (Å²) < 4.78 is 23.8. The second-order valence-corrected chi connectivity index (χ2v) is 14.3. The van der Waals surface area contributed by atoms with Gasteiger partial charge in [0.25, 0.3) is 0 Å². The summed E-state index contributed by atoms with van der Waals surface area (Å²) in [4.78, 5) is 4.50. The summed E-state index contributed by atoms with van der Waals surface area (Å²) in [5.41, 5.74) is 39.1. The molecule has 2 aliphatic heterocycles. The number of nitrogen functional groups attached to an aromatic ring is 4. The van der Waals surface area contributed by atoms with Crippen molar-refractivity contribution < 1.29 is 18.9 Å². The minimum absolute atomic E-state index is 0.0536. The summed E-state index contributed by atoms with van der Waals surface area (Å²) in [5, 5.41) is 0. The molecule has 0 amide bonds. The van der Waals surface area contributed by atoms with Gasteiger partial charge in [-0.1, -0.05) is 48.5 Å². The van der Waals surface area contributed by atoms with Crippen LogP contribution in [0.1, 0.15) is 34.3 Å². The summed E-state index contributed by atoms with van der Waals surface area (Å²) in [5.74, 6) is 1.55. The molecular formula is C46H48N6O4. The highest BCUT2D eigenvalue weighted by atomic mass is 16.6. The van der Waals surface area contributed by atoms with Gasteiger partial charge < -0.3 is 51.7 Å². The van der Waals surface area contributed by atoms with Gasteiger partial charge in [-0.25, -0.2) is 0 Å². The van der Waals surface area contributed by atoms with Crippen LogP contribution in [0, 0.1) is 0 Å². The minimum atomic E-state index is -0.0536. The molecule has 2 atom stereocenters. The van der Waals surface area contributed by atoms with Gasteiger partial charge in [-0.2, -0.15) is 0 Å². The van der Waals surface area contributed by atoms with E-state index in [1.54, 1.807) is 0 Å². The first-order valence-electron chi connectivity index (χ1n) is 18.9. The van der Waals surface area contributed by atoms with Gasteiger partial charge in [0.2, 0.25) is 0 Å². The summed E-state index contributed by atoms with van der Waals surface area (Å²) in [7, 11) is 4.18. The van der Waals surface area contributed by atoms with E-state index in [1.165, 1.54) is 0 Å². The smallest absolute Gasteiger partial charge is 0.119 e. The van der Waals surface area contributed by atoms with E-state index in [0.29, 0.717) is 39.6 Å². The molecule has 10 heteroatoms. The van der Waals surface area contributed by atoms with Gasteiger partial charge in [0.05, 0.1) is 38.5 Å². The fourth-order valence-electron chi connectivity index (χ4n) is 8.05. The summed E-state index contributed by atoms with van der Waals surface area (Å²) in [6, 6.07) is 40.6. The highest BCUT2D eigenvalue weighted by molar-refractivity contribution is 5.89. The predicted molar refractivity (Wildman–Crippen MR) is 227 cm³/mol. The molecule has 286 valence electrons. The number of fused-ring (bicyclic) bond motifs is 6. The monoisotopic (exact) mass is 748 g/mol. The van der Waals surface area contributed by atoms with Gasteiger partial charge in [-0.15, -0.1) is 0 Å². The maximum atomic E-state index is 6.27. The number of nitrogens with zero attached hydrogens (tertiary/aromatic N) is 2. The quantitative estimate of drug-likeness (QED) is 0.0679. The van der Waals surface area contributed by atoms with E-state index in [-0.39, 0.29) is 12.1 Å². The van der Waals surface area contributed by atoms with Crippen molar-refractivity contribution in [3.63, 3.8) is 0 Å². The Morgan fingerprint density at radius 2 is 0.804 bits per heavy atom. The van der Waals surface area contributed by atoms with Crippen LogP contribution in [0.5, 0.6) is 11.5 Å². The predicted octanol–water partition coefficient (Wildman–Crippen LogP) is 7.92. The average Bonchev–Trinajstić information content (AvgIpc) is 3.19.